The molecule has 2 fully saturated rings. The van der Waals surface area contributed by atoms with Crippen LogP contribution in [0.25, 0.3) is 10.9 Å². The van der Waals surface area contributed by atoms with E-state index in [2.05, 4.69) is 39.9 Å². The second-order valence-electron chi connectivity index (χ2n) is 10.9. The SMILES string of the molecule is Cc1cccc(N2CCN(CCCCOc3ccc4ccc(OCOC(=O)C5CCCCC5)nc4c3)CC2)c1Cl. The smallest absolute Gasteiger partial charge is 0.311 e. The maximum atomic E-state index is 12.2. The quantitative estimate of drug-likeness (QED) is 0.147. The molecule has 0 amide bonds. The molecule has 0 atom stereocenters. The molecule has 1 aliphatic heterocycles. The first-order valence-electron chi connectivity index (χ1n) is 14.6. The largest absolute Gasteiger partial charge is 0.494 e. The fraction of sp³-hybridized carbons (Fsp3) is 0.500. The van der Waals surface area contributed by atoms with E-state index in [0.29, 0.717) is 12.5 Å². The van der Waals surface area contributed by atoms with Gasteiger partial charge in [0.15, 0.2) is 0 Å². The summed E-state index contributed by atoms with van der Waals surface area (Å²) in [6, 6.07) is 15.9. The van der Waals surface area contributed by atoms with Crippen molar-refractivity contribution in [3.05, 3.63) is 59.1 Å². The third-order valence-corrected chi connectivity index (χ3v) is 8.50. The Morgan fingerprint density at radius 1 is 0.975 bits per heavy atom. The predicted molar refractivity (Wildman–Crippen MR) is 159 cm³/mol. The van der Waals surface area contributed by atoms with E-state index in [9.17, 15) is 4.79 Å². The maximum absolute atomic E-state index is 12.2. The molecule has 7 nitrogen and oxygen atoms in total. The standard InChI is InChI=1S/C32H40ClN3O4/c1-24-8-7-11-29(31(24)33)36-19-17-35(18-20-36)16-5-6-21-38-27-14-12-25-13-15-30(34-28(25)22-27)39-23-40-32(37)26-9-3-2-4-10-26/h7-8,11-15,22,26H,2-6,9-10,16-21,23H2,1H3. The average Bonchev–Trinajstić information content (AvgIpc) is 2.99. The molecule has 214 valence electrons. The van der Waals surface area contributed by atoms with Gasteiger partial charge in [-0.15, -0.1) is 0 Å². The van der Waals surface area contributed by atoms with Crippen molar-refractivity contribution in [2.75, 3.05) is 51.0 Å². The topological polar surface area (TPSA) is 64.1 Å². The highest BCUT2D eigenvalue weighted by molar-refractivity contribution is 6.34. The van der Waals surface area contributed by atoms with Crippen LogP contribution in [0.5, 0.6) is 11.6 Å². The highest BCUT2D eigenvalue weighted by Gasteiger charge is 2.22. The number of carbonyl (C=O) groups is 1. The highest BCUT2D eigenvalue weighted by Crippen LogP contribution is 2.29. The van der Waals surface area contributed by atoms with Gasteiger partial charge in [0, 0.05) is 43.7 Å². The van der Waals surface area contributed by atoms with Gasteiger partial charge in [-0.2, -0.15) is 0 Å². The van der Waals surface area contributed by atoms with Crippen molar-refractivity contribution in [2.45, 2.75) is 51.9 Å². The molecule has 2 heterocycles. The van der Waals surface area contributed by atoms with Crippen molar-refractivity contribution in [1.82, 2.24) is 9.88 Å². The lowest BCUT2D eigenvalue weighted by Crippen LogP contribution is -2.46. The van der Waals surface area contributed by atoms with E-state index in [1.165, 1.54) is 6.42 Å². The zero-order valence-electron chi connectivity index (χ0n) is 23.4. The molecular weight excluding hydrogens is 526 g/mol. The maximum Gasteiger partial charge on any atom is 0.311 e. The monoisotopic (exact) mass is 565 g/mol. The van der Waals surface area contributed by atoms with Crippen LogP contribution in [0, 0.1) is 12.8 Å². The second kappa shape index (κ2) is 14.0. The van der Waals surface area contributed by atoms with E-state index in [1.54, 1.807) is 6.07 Å². The number of halogens is 1. The number of piperazine rings is 1. The Morgan fingerprint density at radius 2 is 1.77 bits per heavy atom. The number of pyridine rings is 1. The van der Waals surface area contributed by atoms with Crippen molar-refractivity contribution < 1.29 is 19.0 Å². The van der Waals surface area contributed by atoms with E-state index in [4.69, 9.17) is 25.8 Å². The number of nitrogens with zero attached hydrogens (tertiary/aromatic N) is 3. The first-order valence-corrected chi connectivity index (χ1v) is 15.0. The van der Waals surface area contributed by atoms with E-state index in [0.717, 1.165) is 104 Å². The number of benzene rings is 2. The van der Waals surface area contributed by atoms with Crippen molar-refractivity contribution in [3.8, 4) is 11.6 Å². The summed E-state index contributed by atoms with van der Waals surface area (Å²) >= 11 is 6.53. The summed E-state index contributed by atoms with van der Waals surface area (Å²) in [5.41, 5.74) is 3.07. The van der Waals surface area contributed by atoms with Crippen molar-refractivity contribution in [1.29, 1.82) is 0 Å². The molecule has 0 unspecified atom stereocenters. The van der Waals surface area contributed by atoms with Crippen LogP contribution in [0.4, 0.5) is 5.69 Å². The normalized spacial score (nSPS) is 16.7. The van der Waals surface area contributed by atoms with E-state index in [-0.39, 0.29) is 18.7 Å². The molecule has 1 saturated heterocycles. The van der Waals surface area contributed by atoms with Crippen LogP contribution >= 0.6 is 11.6 Å². The molecule has 0 N–H and O–H groups in total. The lowest BCUT2D eigenvalue weighted by atomic mass is 9.89. The first kappa shape index (κ1) is 28.5. The number of hydrogen-bond donors (Lipinski definition) is 0. The zero-order valence-corrected chi connectivity index (χ0v) is 24.2. The summed E-state index contributed by atoms with van der Waals surface area (Å²) in [7, 11) is 0. The molecule has 1 aliphatic carbocycles. The molecule has 5 rings (SSSR count). The van der Waals surface area contributed by atoms with E-state index in [1.807, 2.05) is 24.3 Å². The van der Waals surface area contributed by atoms with Gasteiger partial charge < -0.3 is 19.1 Å². The Balaban J connectivity index is 1.01. The molecule has 3 aromatic rings. The van der Waals surface area contributed by atoms with Crippen molar-refractivity contribution in [2.24, 2.45) is 5.92 Å². The number of unbranched alkanes of at least 4 members (excludes halogenated alkanes) is 1. The second-order valence-corrected chi connectivity index (χ2v) is 11.2. The first-order chi connectivity index (χ1) is 19.6. The van der Waals surface area contributed by atoms with Gasteiger partial charge in [-0.05, 0) is 69.0 Å². The lowest BCUT2D eigenvalue weighted by molar-refractivity contribution is -0.156. The lowest BCUT2D eigenvalue weighted by Gasteiger charge is -2.36. The third kappa shape index (κ3) is 7.58. The molecule has 1 saturated carbocycles. The Kier molecular flexibility index (Phi) is 10.0. The van der Waals surface area contributed by atoms with Crippen LogP contribution in [0.1, 0.15) is 50.5 Å². The minimum absolute atomic E-state index is 0.00970. The van der Waals surface area contributed by atoms with Crippen LogP contribution in [0.15, 0.2) is 48.5 Å². The number of aromatic nitrogens is 1. The summed E-state index contributed by atoms with van der Waals surface area (Å²) in [4.78, 5) is 21.7. The summed E-state index contributed by atoms with van der Waals surface area (Å²) in [6.45, 7) is 7.78. The van der Waals surface area contributed by atoms with Gasteiger partial charge in [-0.3, -0.25) is 9.69 Å². The van der Waals surface area contributed by atoms with Gasteiger partial charge in [0.05, 0.1) is 28.8 Å². The van der Waals surface area contributed by atoms with Crippen molar-refractivity contribution in [3.63, 3.8) is 0 Å². The van der Waals surface area contributed by atoms with Crippen molar-refractivity contribution >= 4 is 34.2 Å². The molecule has 0 radical (unpaired) electrons. The number of rotatable bonds is 11. The minimum Gasteiger partial charge on any atom is -0.494 e. The average molecular weight is 566 g/mol. The molecule has 1 aromatic heterocycles. The van der Waals surface area contributed by atoms with Gasteiger partial charge in [-0.1, -0.05) is 43.0 Å². The van der Waals surface area contributed by atoms with E-state index >= 15 is 0 Å². The molecule has 0 bridgehead atoms. The van der Waals surface area contributed by atoms with Crippen LogP contribution in [-0.4, -0.2) is 62.0 Å². The number of aryl methyl sites for hydroxylation is 1. The molecule has 2 aromatic carbocycles. The van der Waals surface area contributed by atoms with Crippen LogP contribution < -0.4 is 14.4 Å². The Morgan fingerprint density at radius 3 is 2.60 bits per heavy atom. The van der Waals surface area contributed by atoms with Gasteiger partial charge >= 0.3 is 5.97 Å². The number of anilines is 1. The highest BCUT2D eigenvalue weighted by atomic mass is 35.5. The number of fused-ring (bicyclic) bond motifs is 1. The molecule has 8 heteroatoms. The molecule has 0 spiro atoms. The number of hydrogen-bond acceptors (Lipinski definition) is 7. The number of ether oxygens (including phenoxy) is 3. The fourth-order valence-electron chi connectivity index (χ4n) is 5.57. The Hall–Kier alpha value is -3.03. The minimum atomic E-state index is -0.161. The van der Waals surface area contributed by atoms with Gasteiger partial charge in [0.25, 0.3) is 0 Å². The predicted octanol–water partition coefficient (Wildman–Crippen LogP) is 6.64. The van der Waals surface area contributed by atoms with Crippen LogP contribution in [-0.2, 0) is 9.53 Å². The third-order valence-electron chi connectivity index (χ3n) is 8.01. The Labute approximate surface area is 242 Å². The van der Waals surface area contributed by atoms with Crippen LogP contribution in [0.2, 0.25) is 5.02 Å². The summed E-state index contributed by atoms with van der Waals surface area (Å²) in [6.07, 6.45) is 7.31. The molecule has 2 aliphatic rings. The Bertz CT molecular complexity index is 1270. The van der Waals surface area contributed by atoms with Gasteiger partial charge in [0.2, 0.25) is 12.7 Å². The molecular formula is C32H40ClN3O4. The molecule has 40 heavy (non-hydrogen) atoms. The number of carbonyl (C=O) groups excluding carboxylic acids is 1. The van der Waals surface area contributed by atoms with Crippen LogP contribution in [0.3, 0.4) is 0 Å². The van der Waals surface area contributed by atoms with E-state index < -0.39 is 0 Å². The van der Waals surface area contributed by atoms with Gasteiger partial charge in [-0.25, -0.2) is 4.98 Å². The fourth-order valence-corrected chi connectivity index (χ4v) is 5.81. The summed E-state index contributed by atoms with van der Waals surface area (Å²) in [5, 5.41) is 1.88. The van der Waals surface area contributed by atoms with Gasteiger partial charge in [0.1, 0.15) is 5.75 Å². The summed E-state index contributed by atoms with van der Waals surface area (Å²) in [5.74, 6) is 1.08. The zero-order chi connectivity index (χ0) is 27.7. The number of esters is 1. The summed E-state index contributed by atoms with van der Waals surface area (Å²) < 4.78 is 17.0.